The number of aryl methyl sites for hydroxylation is 1. The summed E-state index contributed by atoms with van der Waals surface area (Å²) in [7, 11) is 0. The van der Waals surface area contributed by atoms with Crippen molar-refractivity contribution in [3.63, 3.8) is 0 Å². The van der Waals surface area contributed by atoms with Gasteiger partial charge in [0.05, 0.1) is 12.2 Å². The topological polar surface area (TPSA) is 65.4 Å². The molecule has 0 saturated carbocycles. The largest absolute Gasteiger partial charge is 0.483 e. The third kappa shape index (κ3) is 4.34. The van der Waals surface area contributed by atoms with Gasteiger partial charge in [0.15, 0.2) is 16.6 Å². The number of fused-ring (bicyclic) bond motifs is 1. The van der Waals surface area contributed by atoms with E-state index in [9.17, 15) is 4.79 Å². The molecule has 7 heteroatoms. The summed E-state index contributed by atoms with van der Waals surface area (Å²) in [5.74, 6) is 7.20. The first kappa shape index (κ1) is 20.0. The van der Waals surface area contributed by atoms with E-state index in [4.69, 9.17) is 9.47 Å². The highest BCUT2D eigenvalue weighted by molar-refractivity contribution is 7.16. The van der Waals surface area contributed by atoms with Crippen molar-refractivity contribution in [3.8, 4) is 28.5 Å². The normalized spacial score (nSPS) is 13.7. The minimum Gasteiger partial charge on any atom is -0.483 e. The number of carbonyl (C=O) groups excluding carboxylic acids is 1. The van der Waals surface area contributed by atoms with Crippen LogP contribution in [0.2, 0.25) is 0 Å². The number of carbonyl (C=O) groups is 1. The lowest BCUT2D eigenvalue weighted by Gasteiger charge is -2.17. The average Bonchev–Trinajstić information content (AvgIpc) is 3.41. The fraction of sp³-hybridized carbons (Fsp3) is 0.304. The number of amides is 1. The number of aromatic nitrogens is 2. The maximum Gasteiger partial charge on any atom is 0.264 e. The van der Waals surface area contributed by atoms with Gasteiger partial charge in [-0.3, -0.25) is 4.79 Å². The van der Waals surface area contributed by atoms with E-state index in [0.717, 1.165) is 22.9 Å². The molecule has 0 unspecified atom stereocenters. The van der Waals surface area contributed by atoms with Crippen LogP contribution in [-0.2, 0) is 6.42 Å². The van der Waals surface area contributed by atoms with Crippen molar-refractivity contribution in [2.75, 3.05) is 13.2 Å². The Morgan fingerprint density at radius 3 is 2.90 bits per heavy atom. The van der Waals surface area contributed by atoms with Gasteiger partial charge in [0.1, 0.15) is 17.1 Å². The van der Waals surface area contributed by atoms with Crippen molar-refractivity contribution < 1.29 is 14.3 Å². The maximum atomic E-state index is 12.4. The number of hydrogen-bond acceptors (Lipinski definition) is 5. The zero-order chi connectivity index (χ0) is 21.1. The van der Waals surface area contributed by atoms with Gasteiger partial charge in [0.25, 0.3) is 5.91 Å². The van der Waals surface area contributed by atoms with Crippen LogP contribution < -0.4 is 14.8 Å². The van der Waals surface area contributed by atoms with Crippen molar-refractivity contribution in [1.29, 1.82) is 0 Å². The SMILES string of the molecule is Cc1nc(-n2cccc2)sc1C(=O)NCC#CCOc1cccc2c1OC(C)(C)C2. The van der Waals surface area contributed by atoms with Crippen molar-refractivity contribution in [1.82, 2.24) is 14.9 Å². The number of nitrogens with one attached hydrogen (secondary N) is 1. The molecule has 30 heavy (non-hydrogen) atoms. The van der Waals surface area contributed by atoms with Gasteiger partial charge in [-0.1, -0.05) is 35.3 Å². The predicted octanol–water partition coefficient (Wildman–Crippen LogP) is 3.77. The average molecular weight is 422 g/mol. The van der Waals surface area contributed by atoms with Gasteiger partial charge in [0.2, 0.25) is 0 Å². The van der Waals surface area contributed by atoms with Crippen LogP contribution >= 0.6 is 11.3 Å². The minimum absolute atomic E-state index is 0.171. The Morgan fingerprint density at radius 2 is 2.10 bits per heavy atom. The molecule has 154 valence electrons. The van der Waals surface area contributed by atoms with Crippen molar-refractivity contribution in [2.45, 2.75) is 32.8 Å². The molecule has 1 aliphatic heterocycles. The molecule has 0 radical (unpaired) electrons. The molecule has 6 nitrogen and oxygen atoms in total. The van der Waals surface area contributed by atoms with Crippen LogP contribution in [0.25, 0.3) is 5.13 Å². The molecule has 1 amide bonds. The molecular weight excluding hydrogens is 398 g/mol. The summed E-state index contributed by atoms with van der Waals surface area (Å²) in [6.07, 6.45) is 4.67. The smallest absolute Gasteiger partial charge is 0.264 e. The van der Waals surface area contributed by atoms with E-state index >= 15 is 0 Å². The van der Waals surface area contributed by atoms with Gasteiger partial charge in [-0.25, -0.2) is 4.98 Å². The summed E-state index contributed by atoms with van der Waals surface area (Å²) >= 11 is 1.36. The zero-order valence-electron chi connectivity index (χ0n) is 17.2. The lowest BCUT2D eigenvalue weighted by Crippen LogP contribution is -2.24. The van der Waals surface area contributed by atoms with Crippen LogP contribution in [0.3, 0.4) is 0 Å². The molecule has 0 bridgehead atoms. The summed E-state index contributed by atoms with van der Waals surface area (Å²) in [6.45, 7) is 6.43. The Morgan fingerprint density at radius 1 is 1.30 bits per heavy atom. The first-order chi connectivity index (χ1) is 14.4. The zero-order valence-corrected chi connectivity index (χ0v) is 18.0. The number of ether oxygens (including phenoxy) is 2. The van der Waals surface area contributed by atoms with Gasteiger partial charge >= 0.3 is 0 Å². The Kier molecular flexibility index (Phi) is 5.51. The lowest BCUT2D eigenvalue weighted by molar-refractivity contribution is 0.0962. The van der Waals surface area contributed by atoms with E-state index in [1.807, 2.05) is 48.1 Å². The van der Waals surface area contributed by atoms with E-state index in [1.165, 1.54) is 11.3 Å². The van der Waals surface area contributed by atoms with Gasteiger partial charge in [-0.05, 0) is 39.0 Å². The highest BCUT2D eigenvalue weighted by atomic mass is 32.1. The van der Waals surface area contributed by atoms with Crippen LogP contribution in [0.1, 0.15) is 34.8 Å². The van der Waals surface area contributed by atoms with Crippen LogP contribution in [0, 0.1) is 18.8 Å². The molecule has 1 aliphatic rings. The first-order valence-electron chi connectivity index (χ1n) is 9.71. The number of hydrogen-bond donors (Lipinski definition) is 1. The minimum atomic E-state index is -0.215. The number of nitrogens with zero attached hydrogens (tertiary/aromatic N) is 2. The second-order valence-corrected chi connectivity index (χ2v) is 8.59. The molecule has 2 aromatic heterocycles. The molecule has 3 aromatic rings. The molecule has 0 aliphatic carbocycles. The molecule has 0 atom stereocenters. The molecule has 1 aromatic carbocycles. The highest BCUT2D eigenvalue weighted by Crippen LogP contribution is 2.41. The standard InChI is InChI=1S/C23H23N3O3S/c1-16-20(30-22(25-16)26-12-5-6-13-26)21(27)24-11-4-7-14-28-18-10-8-9-17-15-23(2,3)29-19(17)18/h5-6,8-10,12-13H,11,14-15H2,1-3H3,(H,24,27). The summed E-state index contributed by atoms with van der Waals surface area (Å²) in [6, 6.07) is 9.75. The summed E-state index contributed by atoms with van der Waals surface area (Å²) in [5.41, 5.74) is 1.64. The third-order valence-corrected chi connectivity index (χ3v) is 5.80. The maximum absolute atomic E-state index is 12.4. The molecule has 4 rings (SSSR count). The van der Waals surface area contributed by atoms with Gasteiger partial charge in [-0.2, -0.15) is 0 Å². The fourth-order valence-corrected chi connectivity index (χ4v) is 4.25. The fourth-order valence-electron chi connectivity index (χ4n) is 3.30. The highest BCUT2D eigenvalue weighted by Gasteiger charge is 2.32. The monoisotopic (exact) mass is 421 g/mol. The first-order valence-corrected chi connectivity index (χ1v) is 10.5. The number of para-hydroxylation sites is 1. The molecule has 0 saturated heterocycles. The molecule has 3 heterocycles. The van der Waals surface area contributed by atoms with Crippen LogP contribution in [0.4, 0.5) is 0 Å². The summed E-state index contributed by atoms with van der Waals surface area (Å²) < 4.78 is 13.6. The van der Waals surface area contributed by atoms with Gasteiger partial charge < -0.3 is 19.4 Å². The number of rotatable bonds is 5. The number of benzene rings is 1. The van der Waals surface area contributed by atoms with Crippen LogP contribution in [0.5, 0.6) is 11.5 Å². The van der Waals surface area contributed by atoms with E-state index in [0.29, 0.717) is 16.3 Å². The van der Waals surface area contributed by atoms with Gasteiger partial charge in [-0.15, -0.1) is 0 Å². The Labute approximate surface area is 179 Å². The molecule has 0 spiro atoms. The quantitative estimate of drug-likeness (QED) is 0.637. The lowest BCUT2D eigenvalue weighted by atomic mass is 10.0. The number of thiazole rings is 1. The molecule has 0 fully saturated rings. The summed E-state index contributed by atoms with van der Waals surface area (Å²) in [5, 5.41) is 3.58. The second-order valence-electron chi connectivity index (χ2n) is 7.61. The molecular formula is C23H23N3O3S. The Hall–Kier alpha value is -3.24. The van der Waals surface area contributed by atoms with Gasteiger partial charge in [0, 0.05) is 24.4 Å². The Balaban J connectivity index is 1.29. The van der Waals surface area contributed by atoms with E-state index < -0.39 is 0 Å². The van der Waals surface area contributed by atoms with Crippen molar-refractivity contribution in [3.05, 3.63) is 58.9 Å². The van der Waals surface area contributed by atoms with Crippen LogP contribution in [0.15, 0.2) is 42.7 Å². The van der Waals surface area contributed by atoms with E-state index in [-0.39, 0.29) is 24.7 Å². The Bertz CT molecular complexity index is 1120. The van der Waals surface area contributed by atoms with Crippen molar-refractivity contribution in [2.24, 2.45) is 0 Å². The summed E-state index contributed by atoms with van der Waals surface area (Å²) in [4.78, 5) is 17.5. The van der Waals surface area contributed by atoms with Crippen molar-refractivity contribution >= 4 is 17.2 Å². The molecule has 1 N–H and O–H groups in total. The third-order valence-electron chi connectivity index (χ3n) is 4.63. The van der Waals surface area contributed by atoms with E-state index in [1.54, 1.807) is 0 Å². The van der Waals surface area contributed by atoms with Crippen LogP contribution in [-0.4, -0.2) is 34.2 Å². The second kappa shape index (κ2) is 8.25. The van der Waals surface area contributed by atoms with E-state index in [2.05, 4.69) is 42.1 Å². The predicted molar refractivity (Wildman–Crippen MR) is 117 cm³/mol.